The molecule has 0 aromatic heterocycles. The molecule has 0 spiro atoms. The van der Waals surface area contributed by atoms with E-state index < -0.39 is 25.6 Å². The third-order valence-electron chi connectivity index (χ3n) is 10.3. The second-order valence-electron chi connectivity index (χ2n) is 18.2. The molecule has 0 heterocycles. The van der Waals surface area contributed by atoms with E-state index in [1.165, 1.54) is 33.4 Å². The zero-order chi connectivity index (χ0) is 34.8. The van der Waals surface area contributed by atoms with E-state index in [1.807, 2.05) is 0 Å². The van der Waals surface area contributed by atoms with Crippen LogP contribution in [0, 0.1) is 0 Å². The Morgan fingerprint density at radius 1 is 0.520 bits per heavy atom. The van der Waals surface area contributed by atoms with Crippen LogP contribution in [0.4, 0.5) is 0 Å². The maximum absolute atomic E-state index is 2.87. The number of rotatable bonds is 4. The number of allylic oxidation sites excluding steroid dienone is 4. The average Bonchev–Trinajstić information content (AvgIpc) is 3.64. The summed E-state index contributed by atoms with van der Waals surface area (Å²) in [5.74, 6) is 0. The van der Waals surface area contributed by atoms with Gasteiger partial charge in [-0.15, -0.1) is 0 Å². The number of hydrogen-bond acceptors (Lipinski definition) is 0. The van der Waals surface area contributed by atoms with Gasteiger partial charge in [0.2, 0.25) is 0 Å². The first kappa shape index (κ1) is 40.8. The van der Waals surface area contributed by atoms with Crippen molar-refractivity contribution in [1.29, 1.82) is 0 Å². The van der Waals surface area contributed by atoms with Crippen LogP contribution in [0.25, 0.3) is 11.1 Å². The molecule has 0 radical (unpaired) electrons. The fourth-order valence-corrected chi connectivity index (χ4v) is 39.0. The van der Waals surface area contributed by atoms with Crippen molar-refractivity contribution in [2.24, 2.45) is 0 Å². The molecule has 0 bridgehead atoms. The monoisotopic (exact) mass is 886 g/mol. The molecule has 0 nitrogen and oxygen atoms in total. The third kappa shape index (κ3) is 7.85. The molecule has 4 heteroatoms. The van der Waals surface area contributed by atoms with Crippen molar-refractivity contribution in [1.82, 2.24) is 0 Å². The van der Waals surface area contributed by atoms with Crippen LogP contribution >= 0.6 is 0 Å². The molecule has 0 fully saturated rings. The van der Waals surface area contributed by atoms with Crippen LogP contribution in [0.15, 0.2) is 106 Å². The first-order valence-electron chi connectivity index (χ1n) is 18.0. The molecule has 0 saturated carbocycles. The molecule has 0 N–H and O–H groups in total. The van der Waals surface area contributed by atoms with Crippen molar-refractivity contribution in [3.05, 3.63) is 140 Å². The predicted octanol–water partition coefficient (Wildman–Crippen LogP) is 5.22. The molecule has 0 aliphatic heterocycles. The van der Waals surface area contributed by atoms with Gasteiger partial charge in [-0.25, -0.2) is 0 Å². The van der Waals surface area contributed by atoms with Gasteiger partial charge >= 0.3 is 302 Å². The predicted molar refractivity (Wildman–Crippen MR) is 208 cm³/mol. The van der Waals surface area contributed by atoms with Gasteiger partial charge in [-0.3, -0.25) is 0 Å². The minimum atomic E-state index is -2.87. The van der Waals surface area contributed by atoms with Crippen molar-refractivity contribution in [2.75, 3.05) is 0 Å². The van der Waals surface area contributed by atoms with Crippen LogP contribution in [0.1, 0.15) is 127 Å². The molecule has 2 aliphatic rings. The fraction of sp³-hybridized carbons (Fsp3) is 0.391. The molecule has 0 saturated heterocycles. The fourth-order valence-electron chi connectivity index (χ4n) is 7.96. The molecule has 4 aromatic rings. The van der Waals surface area contributed by atoms with Crippen LogP contribution in [0.2, 0.25) is 0 Å². The average molecular weight is 886 g/mol. The summed E-state index contributed by atoms with van der Waals surface area (Å²) in [6, 6.07) is 34.1. The minimum absolute atomic E-state index is 0. The third-order valence-corrected chi connectivity index (χ3v) is 37.8. The van der Waals surface area contributed by atoms with Gasteiger partial charge in [0.25, 0.3) is 0 Å². The number of benzene rings is 4. The van der Waals surface area contributed by atoms with Crippen LogP contribution in [0.3, 0.4) is 0 Å². The first-order valence-corrected chi connectivity index (χ1v) is 28.7. The Bertz CT molecular complexity index is 1830. The SMILES string of the molecule is CC(C)(C)c1cc2c(cc1C(C)(C)C)[CH]([Hf+2]([C]1=CC=CC1)=[Si](c1ccccc1)c1ccccc1)c1cc(C(C)(C)C)c(C(C)(C)C)cc1-2.[Cl-].[Cl-]. The smallest absolute Gasteiger partial charge is 1.00 e. The van der Waals surface area contributed by atoms with Crippen LogP contribution in [0.5, 0.6) is 0 Å². The molecule has 6 rings (SSSR count). The van der Waals surface area contributed by atoms with Gasteiger partial charge < -0.3 is 24.8 Å². The Balaban J connectivity index is 0.00000281. The summed E-state index contributed by atoms with van der Waals surface area (Å²) in [5, 5.41) is 3.17. The maximum atomic E-state index is 2.72. The normalized spacial score (nSPS) is 14.2. The van der Waals surface area contributed by atoms with E-state index in [-0.39, 0.29) is 46.5 Å². The summed E-state index contributed by atoms with van der Waals surface area (Å²) in [6.45, 7) is 29.0. The Morgan fingerprint density at radius 3 is 1.20 bits per heavy atom. The van der Waals surface area contributed by atoms with Gasteiger partial charge in [-0.2, -0.15) is 0 Å². The summed E-state index contributed by atoms with van der Waals surface area (Å²) >= 11 is -2.87. The van der Waals surface area contributed by atoms with Gasteiger partial charge in [0, 0.05) is 0 Å². The van der Waals surface area contributed by atoms with Crippen LogP contribution in [-0.4, -0.2) is 5.49 Å². The standard InChI is InChI=1S/C29H41.C12H10Si.C5H5.2ClH.Hf/c1-26(2,3)22-14-18-13-19-15-23(27(4,5)6)25(29(10,11)12)17-21(19)20(18)16-24(22)28(7,8)9;1-3-7-11(8-4-1)13-12-9-5-2-6-10-12;1-2-4-5-3-1;;;/h13-17H,1-12H3;1-10H;1-3H,4H2;2*1H;/q;;;;;+2/p-2. The number of fused-ring (bicyclic) bond motifs is 3. The topological polar surface area (TPSA) is 0 Å². The molecule has 4 aromatic carbocycles. The van der Waals surface area contributed by atoms with E-state index in [2.05, 4.69) is 186 Å². The van der Waals surface area contributed by atoms with Crippen molar-refractivity contribution in [3.8, 4) is 11.1 Å². The molecule has 262 valence electrons. The van der Waals surface area contributed by atoms with E-state index in [0.29, 0.717) is 3.67 Å². The van der Waals surface area contributed by atoms with E-state index in [4.69, 9.17) is 0 Å². The Labute approximate surface area is 324 Å². The van der Waals surface area contributed by atoms with Gasteiger partial charge in [0.05, 0.1) is 0 Å². The van der Waals surface area contributed by atoms with E-state index in [0.717, 1.165) is 6.42 Å². The Kier molecular flexibility index (Phi) is 12.1. The van der Waals surface area contributed by atoms with Crippen LogP contribution in [-0.2, 0) is 41.7 Å². The quantitative estimate of drug-likeness (QED) is 0.247. The number of hydrogen-bond donors (Lipinski definition) is 0. The van der Waals surface area contributed by atoms with Gasteiger partial charge in [-0.1, -0.05) is 0 Å². The second kappa shape index (κ2) is 14.8. The summed E-state index contributed by atoms with van der Waals surface area (Å²) in [5.41, 5.74) is 11.5. The zero-order valence-electron chi connectivity index (χ0n) is 32.4. The molecule has 2 aliphatic carbocycles. The zero-order valence-corrected chi connectivity index (χ0v) is 38.5. The van der Waals surface area contributed by atoms with Crippen molar-refractivity contribution < 1.29 is 44.9 Å². The second-order valence-corrected chi connectivity index (χ2v) is 37.3. The van der Waals surface area contributed by atoms with Crippen molar-refractivity contribution in [2.45, 2.75) is 115 Å². The van der Waals surface area contributed by atoms with Crippen LogP contribution < -0.4 is 35.2 Å². The molecule has 0 atom stereocenters. The van der Waals surface area contributed by atoms with Crippen molar-refractivity contribution in [3.63, 3.8) is 0 Å². The molecule has 0 unspecified atom stereocenters. The molecular formula is C46H56Cl2HfSi. The summed E-state index contributed by atoms with van der Waals surface area (Å²) in [7, 11) is 0. The summed E-state index contributed by atoms with van der Waals surface area (Å²) in [6.07, 6.45) is 8.46. The minimum Gasteiger partial charge on any atom is -1.00 e. The molecule has 0 amide bonds. The molecule has 50 heavy (non-hydrogen) atoms. The summed E-state index contributed by atoms with van der Waals surface area (Å²) < 4.78 is 2.27. The van der Waals surface area contributed by atoms with Gasteiger partial charge in [-0.05, 0) is 0 Å². The van der Waals surface area contributed by atoms with E-state index in [1.54, 1.807) is 24.8 Å². The maximum Gasteiger partial charge on any atom is -1.00 e. The van der Waals surface area contributed by atoms with Crippen molar-refractivity contribution >= 4 is 15.9 Å². The van der Waals surface area contributed by atoms with E-state index >= 15 is 0 Å². The summed E-state index contributed by atoms with van der Waals surface area (Å²) in [4.78, 5) is 0. The first-order chi connectivity index (χ1) is 22.4. The Hall–Kier alpha value is -1.97. The van der Waals surface area contributed by atoms with E-state index in [9.17, 15) is 0 Å². The van der Waals surface area contributed by atoms with Gasteiger partial charge in [0.1, 0.15) is 0 Å². The number of halogens is 2. The largest absolute Gasteiger partial charge is 1.00 e. The Morgan fingerprint density at radius 2 is 0.880 bits per heavy atom. The molecular weight excluding hydrogens is 830 g/mol. The van der Waals surface area contributed by atoms with Gasteiger partial charge in [0.15, 0.2) is 0 Å².